The fourth-order valence-corrected chi connectivity index (χ4v) is 2.58. The van der Waals surface area contributed by atoms with Gasteiger partial charge in [-0.2, -0.15) is 0 Å². The lowest BCUT2D eigenvalue weighted by molar-refractivity contribution is 0.109. The summed E-state index contributed by atoms with van der Waals surface area (Å²) in [4.78, 5) is 4.65. The van der Waals surface area contributed by atoms with Crippen molar-refractivity contribution in [3.63, 3.8) is 0 Å². The zero-order valence-electron chi connectivity index (χ0n) is 17.5. The largest absolute Gasteiger partial charge is 0.490 e. The van der Waals surface area contributed by atoms with Crippen molar-refractivity contribution in [1.82, 2.24) is 5.32 Å². The summed E-state index contributed by atoms with van der Waals surface area (Å²) < 4.78 is 22.5. The van der Waals surface area contributed by atoms with Gasteiger partial charge in [0.15, 0.2) is 17.5 Å². The molecule has 158 valence electrons. The molecule has 1 aliphatic heterocycles. The first-order chi connectivity index (χ1) is 13.7. The number of rotatable bonds is 11. The summed E-state index contributed by atoms with van der Waals surface area (Å²) >= 11 is 0. The van der Waals surface area contributed by atoms with Crippen LogP contribution in [0.2, 0.25) is 0 Å². The summed E-state index contributed by atoms with van der Waals surface area (Å²) in [6.45, 7) is 11.9. The Bertz CT molecular complexity index is 593. The van der Waals surface area contributed by atoms with Crippen LogP contribution in [0.5, 0.6) is 11.5 Å². The van der Waals surface area contributed by atoms with Crippen molar-refractivity contribution in [2.24, 2.45) is 10.9 Å². The van der Waals surface area contributed by atoms with Crippen molar-refractivity contribution >= 4 is 11.6 Å². The van der Waals surface area contributed by atoms with Gasteiger partial charge in [-0.15, -0.1) is 0 Å². The minimum atomic E-state index is 0.556. The normalized spacial score (nSPS) is 14.1. The van der Waals surface area contributed by atoms with Gasteiger partial charge in [0, 0.05) is 51.1 Å². The number of nitrogens with one attached hydrogen (secondary N) is 2. The molecule has 28 heavy (non-hydrogen) atoms. The SMILES string of the molecule is CCOCCNC(=NCCCOCC(C)C)Nc1ccc2c(c1)OCCCO2. The molecule has 2 rings (SSSR count). The molecule has 0 amide bonds. The number of fused-ring (bicyclic) bond motifs is 1. The van der Waals surface area contributed by atoms with Crippen molar-refractivity contribution in [2.75, 3.05) is 58.0 Å². The molecule has 0 saturated carbocycles. The fraction of sp³-hybridized carbons (Fsp3) is 0.667. The Hall–Kier alpha value is -1.99. The number of hydrogen-bond donors (Lipinski definition) is 2. The van der Waals surface area contributed by atoms with Crippen molar-refractivity contribution in [2.45, 2.75) is 33.6 Å². The van der Waals surface area contributed by atoms with Gasteiger partial charge in [0.1, 0.15) is 0 Å². The Morgan fingerprint density at radius 2 is 1.96 bits per heavy atom. The quantitative estimate of drug-likeness (QED) is 0.341. The summed E-state index contributed by atoms with van der Waals surface area (Å²) in [6.07, 6.45) is 1.77. The lowest BCUT2D eigenvalue weighted by atomic mass is 10.2. The molecule has 1 heterocycles. The van der Waals surface area contributed by atoms with E-state index < -0.39 is 0 Å². The number of hydrogen-bond acceptors (Lipinski definition) is 5. The van der Waals surface area contributed by atoms with Gasteiger partial charge in [-0.1, -0.05) is 13.8 Å². The number of guanidine groups is 1. The molecule has 0 atom stereocenters. The van der Waals surface area contributed by atoms with Crippen molar-refractivity contribution in [3.8, 4) is 11.5 Å². The average Bonchev–Trinajstić information content (AvgIpc) is 2.92. The van der Waals surface area contributed by atoms with Crippen LogP contribution < -0.4 is 20.1 Å². The molecule has 0 saturated heterocycles. The Morgan fingerprint density at radius 1 is 1.14 bits per heavy atom. The second-order valence-corrected chi connectivity index (χ2v) is 7.01. The Kier molecular flexibility index (Phi) is 10.5. The molecule has 0 fully saturated rings. The van der Waals surface area contributed by atoms with Crippen molar-refractivity contribution in [1.29, 1.82) is 0 Å². The Balaban J connectivity index is 1.90. The Labute approximate surface area is 168 Å². The summed E-state index contributed by atoms with van der Waals surface area (Å²) in [5.41, 5.74) is 0.906. The van der Waals surface area contributed by atoms with Gasteiger partial charge in [0.2, 0.25) is 0 Å². The lowest BCUT2D eigenvalue weighted by Gasteiger charge is -2.15. The van der Waals surface area contributed by atoms with Crippen LogP contribution in [0.4, 0.5) is 5.69 Å². The molecule has 0 aromatic heterocycles. The van der Waals surface area contributed by atoms with E-state index in [1.54, 1.807) is 0 Å². The number of nitrogens with zero attached hydrogens (tertiary/aromatic N) is 1. The molecule has 0 unspecified atom stereocenters. The van der Waals surface area contributed by atoms with Gasteiger partial charge in [-0.3, -0.25) is 4.99 Å². The first-order valence-corrected chi connectivity index (χ1v) is 10.3. The van der Waals surface area contributed by atoms with E-state index in [0.29, 0.717) is 45.4 Å². The third-order valence-corrected chi connectivity index (χ3v) is 3.92. The van der Waals surface area contributed by atoms with E-state index in [-0.39, 0.29) is 0 Å². The zero-order chi connectivity index (χ0) is 20.0. The molecular weight excluding hydrogens is 358 g/mol. The van der Waals surface area contributed by atoms with E-state index in [4.69, 9.17) is 18.9 Å². The highest BCUT2D eigenvalue weighted by Crippen LogP contribution is 2.32. The van der Waals surface area contributed by atoms with Gasteiger partial charge in [-0.05, 0) is 31.4 Å². The minimum Gasteiger partial charge on any atom is -0.490 e. The molecule has 0 spiro atoms. The van der Waals surface area contributed by atoms with E-state index in [0.717, 1.165) is 49.2 Å². The molecule has 1 aromatic carbocycles. The summed E-state index contributed by atoms with van der Waals surface area (Å²) in [5, 5.41) is 6.65. The summed E-state index contributed by atoms with van der Waals surface area (Å²) in [7, 11) is 0. The maximum absolute atomic E-state index is 5.77. The molecule has 7 heteroatoms. The molecule has 1 aliphatic rings. The zero-order valence-corrected chi connectivity index (χ0v) is 17.5. The van der Waals surface area contributed by atoms with Crippen LogP contribution in [0.15, 0.2) is 23.2 Å². The second-order valence-electron chi connectivity index (χ2n) is 7.01. The van der Waals surface area contributed by atoms with Crippen LogP contribution >= 0.6 is 0 Å². The molecule has 0 aliphatic carbocycles. The second kappa shape index (κ2) is 13.2. The predicted molar refractivity (Wildman–Crippen MR) is 113 cm³/mol. The Morgan fingerprint density at radius 3 is 2.75 bits per heavy atom. The molecule has 2 N–H and O–H groups in total. The predicted octanol–water partition coefficient (Wildman–Crippen LogP) is 3.30. The van der Waals surface area contributed by atoms with E-state index in [1.807, 2.05) is 25.1 Å². The molecular formula is C21H35N3O4. The van der Waals surface area contributed by atoms with E-state index >= 15 is 0 Å². The third kappa shape index (κ3) is 8.80. The summed E-state index contributed by atoms with van der Waals surface area (Å²) in [6, 6.07) is 5.85. The highest BCUT2D eigenvalue weighted by Gasteiger charge is 2.11. The molecule has 7 nitrogen and oxygen atoms in total. The topological polar surface area (TPSA) is 73.3 Å². The third-order valence-electron chi connectivity index (χ3n) is 3.92. The maximum atomic E-state index is 5.77. The first kappa shape index (κ1) is 22.3. The molecule has 1 aromatic rings. The molecule has 0 radical (unpaired) electrons. The van der Waals surface area contributed by atoms with Gasteiger partial charge in [-0.25, -0.2) is 0 Å². The smallest absolute Gasteiger partial charge is 0.195 e. The van der Waals surface area contributed by atoms with E-state index in [9.17, 15) is 0 Å². The van der Waals surface area contributed by atoms with Gasteiger partial charge in [0.25, 0.3) is 0 Å². The maximum Gasteiger partial charge on any atom is 0.195 e. The van der Waals surface area contributed by atoms with Crippen LogP contribution in [-0.4, -0.2) is 58.7 Å². The number of benzene rings is 1. The van der Waals surface area contributed by atoms with Crippen LogP contribution in [0, 0.1) is 5.92 Å². The number of ether oxygens (including phenoxy) is 4. The minimum absolute atomic E-state index is 0.556. The van der Waals surface area contributed by atoms with Crippen LogP contribution in [-0.2, 0) is 9.47 Å². The monoisotopic (exact) mass is 393 g/mol. The number of anilines is 1. The average molecular weight is 394 g/mol. The highest BCUT2D eigenvalue weighted by molar-refractivity contribution is 5.93. The van der Waals surface area contributed by atoms with Gasteiger partial charge >= 0.3 is 0 Å². The highest BCUT2D eigenvalue weighted by atomic mass is 16.5. The van der Waals surface area contributed by atoms with Crippen LogP contribution in [0.25, 0.3) is 0 Å². The fourth-order valence-electron chi connectivity index (χ4n) is 2.58. The summed E-state index contributed by atoms with van der Waals surface area (Å²) in [5.74, 6) is 2.82. The van der Waals surface area contributed by atoms with Crippen molar-refractivity contribution in [3.05, 3.63) is 18.2 Å². The molecule has 0 bridgehead atoms. The van der Waals surface area contributed by atoms with E-state index in [2.05, 4.69) is 29.5 Å². The van der Waals surface area contributed by atoms with Crippen molar-refractivity contribution < 1.29 is 18.9 Å². The van der Waals surface area contributed by atoms with Crippen LogP contribution in [0.1, 0.15) is 33.6 Å². The van der Waals surface area contributed by atoms with Crippen LogP contribution in [0.3, 0.4) is 0 Å². The first-order valence-electron chi connectivity index (χ1n) is 10.3. The number of aliphatic imine (C=N–C) groups is 1. The van der Waals surface area contributed by atoms with E-state index in [1.165, 1.54) is 0 Å². The van der Waals surface area contributed by atoms with Gasteiger partial charge < -0.3 is 29.6 Å². The lowest BCUT2D eigenvalue weighted by Crippen LogP contribution is -2.33. The van der Waals surface area contributed by atoms with Gasteiger partial charge in [0.05, 0.1) is 19.8 Å². The standard InChI is InChI=1S/C21H35N3O4/c1-4-25-14-10-23-21(22-9-5-11-26-16-17(2)3)24-18-7-8-19-20(15-18)28-13-6-12-27-19/h7-8,15,17H,4-6,9-14,16H2,1-3H3,(H2,22,23,24).